The third kappa shape index (κ3) is 5.17. The number of hydrogen-bond acceptors (Lipinski definition) is 4. The minimum absolute atomic E-state index is 0.0413. The highest BCUT2D eigenvalue weighted by Crippen LogP contribution is 2.28. The lowest BCUT2D eigenvalue weighted by Crippen LogP contribution is -2.41. The third-order valence-electron chi connectivity index (χ3n) is 2.67. The second kappa shape index (κ2) is 6.62. The molecule has 0 radical (unpaired) electrons. The highest BCUT2D eigenvalue weighted by Gasteiger charge is 2.14. The molecule has 2 aromatic rings. The van der Waals surface area contributed by atoms with Crippen molar-refractivity contribution in [2.45, 2.75) is 37.6 Å². The Morgan fingerprint density at radius 1 is 1.29 bits per heavy atom. The average Bonchev–Trinajstić information content (AvgIpc) is 2.84. The Kier molecular flexibility index (Phi) is 5.06. The lowest BCUT2D eigenvalue weighted by atomic mass is 10.1. The summed E-state index contributed by atoms with van der Waals surface area (Å²) in [5.74, 6) is 0.442. The predicted molar refractivity (Wildman–Crippen MR) is 90.9 cm³/mol. The monoisotopic (exact) mass is 320 g/mol. The van der Waals surface area contributed by atoms with Gasteiger partial charge in [-0.15, -0.1) is 11.3 Å². The summed E-state index contributed by atoms with van der Waals surface area (Å²) < 4.78 is 0.926. The van der Waals surface area contributed by atoms with Crippen LogP contribution in [0.25, 0.3) is 11.3 Å². The number of carbonyl (C=O) groups excluding carboxylic acids is 1. The number of amides is 1. The average molecular weight is 320 g/mol. The van der Waals surface area contributed by atoms with Gasteiger partial charge in [-0.3, -0.25) is 4.79 Å². The van der Waals surface area contributed by atoms with E-state index >= 15 is 0 Å². The molecule has 2 rings (SSSR count). The first-order valence-electron chi connectivity index (χ1n) is 6.80. The SMILES string of the molecule is Cc1ccc(-c2csc(SCC(=O)NC(C)(C)C)n2)cc1. The quantitative estimate of drug-likeness (QED) is 0.861. The van der Waals surface area contributed by atoms with Crippen LogP contribution in [0.15, 0.2) is 34.0 Å². The summed E-state index contributed by atoms with van der Waals surface area (Å²) in [5.41, 5.74) is 3.14. The van der Waals surface area contributed by atoms with Crippen molar-refractivity contribution in [2.75, 3.05) is 5.75 Å². The number of thioether (sulfide) groups is 1. The molecule has 1 aromatic carbocycles. The Labute approximate surface area is 134 Å². The maximum absolute atomic E-state index is 11.8. The van der Waals surface area contributed by atoms with Crippen LogP contribution in [0.3, 0.4) is 0 Å². The Morgan fingerprint density at radius 3 is 2.57 bits per heavy atom. The van der Waals surface area contributed by atoms with Gasteiger partial charge in [0.25, 0.3) is 0 Å². The zero-order valence-corrected chi connectivity index (χ0v) is 14.4. The van der Waals surface area contributed by atoms with Gasteiger partial charge in [-0.05, 0) is 27.7 Å². The number of hydrogen-bond donors (Lipinski definition) is 1. The Balaban J connectivity index is 1.94. The molecule has 1 amide bonds. The first-order chi connectivity index (χ1) is 9.83. The summed E-state index contributed by atoms with van der Waals surface area (Å²) in [6.07, 6.45) is 0. The number of aromatic nitrogens is 1. The Morgan fingerprint density at radius 2 is 1.95 bits per heavy atom. The van der Waals surface area contributed by atoms with E-state index in [1.54, 1.807) is 11.3 Å². The molecular formula is C16H20N2OS2. The Hall–Kier alpha value is -1.33. The van der Waals surface area contributed by atoms with Crippen molar-refractivity contribution in [3.63, 3.8) is 0 Å². The van der Waals surface area contributed by atoms with Crippen LogP contribution < -0.4 is 5.32 Å². The van der Waals surface area contributed by atoms with Gasteiger partial charge < -0.3 is 5.32 Å². The summed E-state index contributed by atoms with van der Waals surface area (Å²) in [5, 5.41) is 4.99. The first-order valence-corrected chi connectivity index (χ1v) is 8.66. The minimum Gasteiger partial charge on any atom is -0.351 e. The van der Waals surface area contributed by atoms with Gasteiger partial charge in [-0.1, -0.05) is 41.6 Å². The van der Waals surface area contributed by atoms with E-state index in [1.807, 2.05) is 26.2 Å². The van der Waals surface area contributed by atoms with Crippen molar-refractivity contribution < 1.29 is 4.79 Å². The fourth-order valence-corrected chi connectivity index (χ4v) is 3.40. The first kappa shape index (κ1) is 16.0. The molecule has 0 atom stereocenters. The molecule has 0 bridgehead atoms. The zero-order valence-electron chi connectivity index (χ0n) is 12.8. The van der Waals surface area contributed by atoms with Crippen LogP contribution in [0.4, 0.5) is 0 Å². The summed E-state index contributed by atoms with van der Waals surface area (Å²) in [7, 11) is 0. The number of nitrogens with one attached hydrogen (secondary N) is 1. The normalized spacial score (nSPS) is 11.4. The fraction of sp³-hybridized carbons (Fsp3) is 0.375. The standard InChI is InChI=1S/C16H20N2OS2/c1-11-5-7-12(8-6-11)13-9-20-15(17-13)21-10-14(19)18-16(2,3)4/h5-9H,10H2,1-4H3,(H,18,19). The van der Waals surface area contributed by atoms with Crippen LogP contribution in [0.2, 0.25) is 0 Å². The number of carbonyl (C=O) groups is 1. The van der Waals surface area contributed by atoms with Crippen molar-refractivity contribution in [3.8, 4) is 11.3 Å². The molecule has 0 aliphatic rings. The largest absolute Gasteiger partial charge is 0.351 e. The van der Waals surface area contributed by atoms with Crippen LogP contribution >= 0.6 is 23.1 Å². The summed E-state index contributed by atoms with van der Waals surface area (Å²) in [4.78, 5) is 16.4. The molecule has 0 spiro atoms. The van der Waals surface area contributed by atoms with Crippen molar-refractivity contribution in [2.24, 2.45) is 0 Å². The van der Waals surface area contributed by atoms with Crippen molar-refractivity contribution in [3.05, 3.63) is 35.2 Å². The van der Waals surface area contributed by atoms with Gasteiger partial charge >= 0.3 is 0 Å². The van der Waals surface area contributed by atoms with Crippen molar-refractivity contribution in [1.82, 2.24) is 10.3 Å². The highest BCUT2D eigenvalue weighted by molar-refractivity contribution is 8.01. The van der Waals surface area contributed by atoms with Gasteiger partial charge in [0.1, 0.15) is 0 Å². The molecule has 0 unspecified atom stereocenters. The molecule has 1 N–H and O–H groups in total. The van der Waals surface area contributed by atoms with E-state index in [-0.39, 0.29) is 11.4 Å². The van der Waals surface area contributed by atoms with E-state index in [4.69, 9.17) is 0 Å². The van der Waals surface area contributed by atoms with Gasteiger partial charge in [0.2, 0.25) is 5.91 Å². The maximum Gasteiger partial charge on any atom is 0.230 e. The molecule has 0 fully saturated rings. The number of nitrogens with zero attached hydrogens (tertiary/aromatic N) is 1. The van der Waals surface area contributed by atoms with Gasteiger partial charge in [-0.25, -0.2) is 4.98 Å². The van der Waals surface area contributed by atoms with Crippen LogP contribution in [0, 0.1) is 6.92 Å². The second-order valence-electron chi connectivity index (χ2n) is 5.95. The van der Waals surface area contributed by atoms with E-state index in [0.717, 1.165) is 15.6 Å². The molecule has 1 aromatic heterocycles. The molecule has 0 aliphatic heterocycles. The lowest BCUT2D eigenvalue weighted by Gasteiger charge is -2.19. The lowest BCUT2D eigenvalue weighted by molar-refractivity contribution is -0.119. The molecule has 0 saturated heterocycles. The van der Waals surface area contributed by atoms with E-state index in [9.17, 15) is 4.79 Å². The molecule has 3 nitrogen and oxygen atoms in total. The number of rotatable bonds is 4. The number of benzene rings is 1. The van der Waals surface area contributed by atoms with Crippen molar-refractivity contribution in [1.29, 1.82) is 0 Å². The maximum atomic E-state index is 11.8. The van der Waals surface area contributed by atoms with Crippen LogP contribution in [0.1, 0.15) is 26.3 Å². The molecular weight excluding hydrogens is 300 g/mol. The van der Waals surface area contributed by atoms with E-state index in [2.05, 4.69) is 41.5 Å². The van der Waals surface area contributed by atoms with Crippen LogP contribution in [-0.4, -0.2) is 22.2 Å². The Bertz CT molecular complexity index is 612. The summed E-state index contributed by atoms with van der Waals surface area (Å²) in [6, 6.07) is 8.31. The minimum atomic E-state index is -0.187. The smallest absolute Gasteiger partial charge is 0.230 e. The second-order valence-corrected chi connectivity index (χ2v) is 8.03. The highest BCUT2D eigenvalue weighted by atomic mass is 32.2. The molecule has 0 saturated carbocycles. The zero-order chi connectivity index (χ0) is 15.5. The van der Waals surface area contributed by atoms with Gasteiger partial charge in [-0.2, -0.15) is 0 Å². The van der Waals surface area contributed by atoms with E-state index in [1.165, 1.54) is 17.3 Å². The van der Waals surface area contributed by atoms with E-state index < -0.39 is 0 Å². The van der Waals surface area contributed by atoms with E-state index in [0.29, 0.717) is 5.75 Å². The molecule has 1 heterocycles. The topological polar surface area (TPSA) is 42.0 Å². The summed E-state index contributed by atoms with van der Waals surface area (Å²) >= 11 is 3.06. The number of thiazole rings is 1. The van der Waals surface area contributed by atoms with Crippen LogP contribution in [-0.2, 0) is 4.79 Å². The predicted octanol–water partition coefficient (Wildman–Crippen LogP) is 4.13. The molecule has 21 heavy (non-hydrogen) atoms. The fourth-order valence-electron chi connectivity index (χ4n) is 1.76. The molecule has 5 heteroatoms. The molecule has 112 valence electrons. The van der Waals surface area contributed by atoms with Gasteiger partial charge in [0.05, 0.1) is 11.4 Å². The van der Waals surface area contributed by atoms with Gasteiger partial charge in [0, 0.05) is 16.5 Å². The van der Waals surface area contributed by atoms with Crippen LogP contribution in [0.5, 0.6) is 0 Å². The van der Waals surface area contributed by atoms with Gasteiger partial charge in [0.15, 0.2) is 4.34 Å². The van der Waals surface area contributed by atoms with Crippen molar-refractivity contribution >= 4 is 29.0 Å². The molecule has 0 aliphatic carbocycles. The summed E-state index contributed by atoms with van der Waals surface area (Å²) in [6.45, 7) is 8.01. The number of aryl methyl sites for hydroxylation is 1. The third-order valence-corrected chi connectivity index (χ3v) is 4.69.